The predicted octanol–water partition coefficient (Wildman–Crippen LogP) is 3.80. The molecule has 2 unspecified atom stereocenters. The van der Waals surface area contributed by atoms with Gasteiger partial charge in [-0.3, -0.25) is 14.5 Å². The number of nitrogens with zero attached hydrogens (tertiary/aromatic N) is 1. The summed E-state index contributed by atoms with van der Waals surface area (Å²) in [6, 6.07) is 16.9. The maximum atomic E-state index is 12.3. The average molecular weight is 352 g/mol. The molecule has 1 heterocycles. The summed E-state index contributed by atoms with van der Waals surface area (Å²) in [4.78, 5) is 26.0. The summed E-state index contributed by atoms with van der Waals surface area (Å²) in [5.74, 6) is -0.883. The Hall–Kier alpha value is -2.66. The monoisotopic (exact) mass is 352 g/mol. The number of benzene rings is 2. The second kappa shape index (κ2) is 7.30. The van der Waals surface area contributed by atoms with E-state index in [9.17, 15) is 14.7 Å². The molecule has 1 amide bonds. The van der Waals surface area contributed by atoms with E-state index in [1.165, 1.54) is 0 Å². The Bertz CT molecular complexity index is 806. The van der Waals surface area contributed by atoms with Crippen molar-refractivity contribution < 1.29 is 14.7 Å². The molecule has 0 aliphatic carbocycles. The highest BCUT2D eigenvalue weighted by molar-refractivity contribution is 6.04. The van der Waals surface area contributed by atoms with Gasteiger partial charge in [0.15, 0.2) is 0 Å². The van der Waals surface area contributed by atoms with Crippen LogP contribution in [0, 0.1) is 5.41 Å². The molecule has 1 aliphatic rings. The maximum absolute atomic E-state index is 12.3. The first-order chi connectivity index (χ1) is 12.4. The Balaban J connectivity index is 1.71. The van der Waals surface area contributed by atoms with E-state index in [4.69, 9.17) is 0 Å². The van der Waals surface area contributed by atoms with Crippen LogP contribution in [-0.2, 0) is 4.79 Å². The van der Waals surface area contributed by atoms with Crippen LogP contribution in [0.2, 0.25) is 0 Å². The van der Waals surface area contributed by atoms with Crippen LogP contribution >= 0.6 is 0 Å². The first-order valence-electron chi connectivity index (χ1n) is 8.83. The van der Waals surface area contributed by atoms with E-state index in [1.54, 1.807) is 19.1 Å². The average Bonchev–Trinajstić information content (AvgIpc) is 3.06. The summed E-state index contributed by atoms with van der Waals surface area (Å²) in [6.45, 7) is 5.17. The highest BCUT2D eigenvalue weighted by Gasteiger charge is 2.41. The summed E-state index contributed by atoms with van der Waals surface area (Å²) in [7, 11) is 0. The lowest BCUT2D eigenvalue weighted by Gasteiger charge is -2.26. The van der Waals surface area contributed by atoms with Crippen LogP contribution < -0.4 is 5.32 Å². The van der Waals surface area contributed by atoms with Crippen molar-refractivity contribution >= 4 is 17.6 Å². The highest BCUT2D eigenvalue weighted by Crippen LogP contribution is 2.35. The smallest absolute Gasteiger partial charge is 0.310 e. The van der Waals surface area contributed by atoms with Crippen molar-refractivity contribution in [2.24, 2.45) is 5.41 Å². The summed E-state index contributed by atoms with van der Waals surface area (Å²) in [5, 5.41) is 12.3. The Morgan fingerprint density at radius 2 is 1.88 bits per heavy atom. The molecular formula is C21H24N2O3. The van der Waals surface area contributed by atoms with E-state index < -0.39 is 11.4 Å². The molecule has 5 nitrogen and oxygen atoms in total. The van der Waals surface area contributed by atoms with Crippen LogP contribution in [0.3, 0.4) is 0 Å². The van der Waals surface area contributed by atoms with E-state index in [-0.39, 0.29) is 11.9 Å². The molecule has 136 valence electrons. The van der Waals surface area contributed by atoms with Gasteiger partial charge in [0, 0.05) is 23.8 Å². The minimum absolute atomic E-state index is 0.0877. The van der Waals surface area contributed by atoms with Gasteiger partial charge in [0.05, 0.1) is 5.41 Å². The molecule has 0 spiro atoms. The Kier molecular flexibility index (Phi) is 5.09. The molecule has 0 radical (unpaired) electrons. The molecule has 2 N–H and O–H groups in total. The van der Waals surface area contributed by atoms with E-state index in [1.807, 2.05) is 42.5 Å². The zero-order chi connectivity index (χ0) is 18.7. The number of carbonyl (C=O) groups excluding carboxylic acids is 1. The molecule has 1 saturated heterocycles. The molecule has 2 atom stereocenters. The number of hydrogen-bond donors (Lipinski definition) is 2. The van der Waals surface area contributed by atoms with Gasteiger partial charge in [-0.2, -0.15) is 0 Å². The van der Waals surface area contributed by atoms with E-state index >= 15 is 0 Å². The third-order valence-electron chi connectivity index (χ3n) is 5.23. The summed E-state index contributed by atoms with van der Waals surface area (Å²) in [6.07, 6.45) is 0.650. The number of anilines is 1. The van der Waals surface area contributed by atoms with Crippen LogP contribution in [-0.4, -0.2) is 35.0 Å². The molecule has 3 rings (SSSR count). The number of amides is 1. The van der Waals surface area contributed by atoms with Gasteiger partial charge < -0.3 is 10.4 Å². The zero-order valence-electron chi connectivity index (χ0n) is 15.1. The number of likely N-dealkylation sites (tertiary alicyclic amines) is 1. The van der Waals surface area contributed by atoms with Gasteiger partial charge in [0.2, 0.25) is 0 Å². The summed E-state index contributed by atoms with van der Waals surface area (Å²) >= 11 is 0. The van der Waals surface area contributed by atoms with Crippen molar-refractivity contribution in [3.05, 3.63) is 65.7 Å². The number of carboxylic acids is 1. The lowest BCUT2D eigenvalue weighted by Crippen LogP contribution is -2.32. The fraction of sp³-hybridized carbons (Fsp3) is 0.333. The predicted molar refractivity (Wildman–Crippen MR) is 101 cm³/mol. The molecule has 0 bridgehead atoms. The highest BCUT2D eigenvalue weighted by atomic mass is 16.4. The van der Waals surface area contributed by atoms with Crippen molar-refractivity contribution in [2.75, 3.05) is 18.4 Å². The van der Waals surface area contributed by atoms with Crippen molar-refractivity contribution in [1.29, 1.82) is 0 Å². The Labute approximate surface area is 153 Å². The third-order valence-corrected chi connectivity index (χ3v) is 5.23. The molecule has 1 aliphatic heterocycles. The zero-order valence-corrected chi connectivity index (χ0v) is 15.1. The van der Waals surface area contributed by atoms with Crippen LogP contribution in [0.4, 0.5) is 5.69 Å². The van der Waals surface area contributed by atoms with Gasteiger partial charge in [-0.05, 0) is 56.6 Å². The fourth-order valence-corrected chi connectivity index (χ4v) is 3.38. The van der Waals surface area contributed by atoms with Crippen LogP contribution in [0.15, 0.2) is 54.6 Å². The minimum atomic E-state index is -0.740. The summed E-state index contributed by atoms with van der Waals surface area (Å²) < 4.78 is 0. The number of rotatable bonds is 5. The van der Waals surface area contributed by atoms with E-state index in [0.29, 0.717) is 18.5 Å². The van der Waals surface area contributed by atoms with Gasteiger partial charge in [0.25, 0.3) is 5.91 Å². The molecule has 1 fully saturated rings. The van der Waals surface area contributed by atoms with Gasteiger partial charge >= 0.3 is 5.97 Å². The lowest BCUT2D eigenvalue weighted by atomic mass is 9.90. The molecule has 26 heavy (non-hydrogen) atoms. The van der Waals surface area contributed by atoms with Crippen molar-refractivity contribution in [1.82, 2.24) is 4.90 Å². The number of aliphatic carboxylic acids is 1. The summed E-state index contributed by atoms with van der Waals surface area (Å²) in [5.41, 5.74) is 1.73. The molecule has 0 saturated carbocycles. The molecular weight excluding hydrogens is 328 g/mol. The van der Waals surface area contributed by atoms with Crippen molar-refractivity contribution in [2.45, 2.75) is 26.3 Å². The Morgan fingerprint density at radius 3 is 2.54 bits per heavy atom. The van der Waals surface area contributed by atoms with Crippen LogP contribution in [0.1, 0.15) is 42.2 Å². The van der Waals surface area contributed by atoms with Gasteiger partial charge in [-0.25, -0.2) is 0 Å². The van der Waals surface area contributed by atoms with Gasteiger partial charge in [-0.1, -0.05) is 30.3 Å². The number of hydrogen-bond acceptors (Lipinski definition) is 3. The second-order valence-corrected chi connectivity index (χ2v) is 7.21. The third kappa shape index (κ3) is 3.78. The standard InChI is InChI=1S/C21H24N2O3/c1-15(23-12-11-21(2,14-23)20(25)26)17-9-6-10-18(13-17)22-19(24)16-7-4-3-5-8-16/h3-10,13,15H,11-12,14H2,1-2H3,(H,22,24)(H,25,26). The normalized spacial score (nSPS) is 21.3. The first kappa shape index (κ1) is 18.1. The minimum Gasteiger partial charge on any atom is -0.481 e. The number of carboxylic acid groups (broad SMARTS) is 1. The van der Waals surface area contributed by atoms with Crippen LogP contribution in [0.25, 0.3) is 0 Å². The van der Waals surface area contributed by atoms with E-state index in [0.717, 1.165) is 17.8 Å². The topological polar surface area (TPSA) is 69.6 Å². The quantitative estimate of drug-likeness (QED) is 0.859. The largest absolute Gasteiger partial charge is 0.481 e. The molecule has 2 aromatic carbocycles. The van der Waals surface area contributed by atoms with Gasteiger partial charge in [-0.15, -0.1) is 0 Å². The number of carbonyl (C=O) groups is 2. The molecule has 0 aromatic heterocycles. The molecule has 5 heteroatoms. The number of nitrogens with one attached hydrogen (secondary N) is 1. The van der Waals surface area contributed by atoms with Crippen molar-refractivity contribution in [3.63, 3.8) is 0 Å². The maximum Gasteiger partial charge on any atom is 0.310 e. The van der Waals surface area contributed by atoms with Gasteiger partial charge in [0.1, 0.15) is 0 Å². The van der Waals surface area contributed by atoms with Crippen molar-refractivity contribution in [3.8, 4) is 0 Å². The second-order valence-electron chi connectivity index (χ2n) is 7.21. The van der Waals surface area contributed by atoms with Crippen LogP contribution in [0.5, 0.6) is 0 Å². The fourth-order valence-electron chi connectivity index (χ4n) is 3.38. The van der Waals surface area contributed by atoms with E-state index in [2.05, 4.69) is 17.1 Å². The Morgan fingerprint density at radius 1 is 1.15 bits per heavy atom. The molecule has 2 aromatic rings. The first-order valence-corrected chi connectivity index (χ1v) is 8.83. The lowest BCUT2D eigenvalue weighted by molar-refractivity contribution is -0.147. The SMILES string of the molecule is CC(c1cccc(NC(=O)c2ccccc2)c1)N1CCC(C)(C(=O)O)C1.